The van der Waals surface area contributed by atoms with E-state index in [1.165, 1.54) is 38.5 Å². The van der Waals surface area contributed by atoms with Crippen LogP contribution in [-0.2, 0) is 4.74 Å². The molecule has 0 heterocycles. The van der Waals surface area contributed by atoms with Crippen molar-refractivity contribution in [3.05, 3.63) is 0 Å². The summed E-state index contributed by atoms with van der Waals surface area (Å²) in [6.07, 6.45) is 8.37. The van der Waals surface area contributed by atoms with Crippen LogP contribution in [-0.4, -0.2) is 29.6 Å². The fourth-order valence-electron chi connectivity index (χ4n) is 3.76. The summed E-state index contributed by atoms with van der Waals surface area (Å²) in [7, 11) is 2.00. The molecule has 0 aromatic carbocycles. The minimum atomic E-state index is -2.23. The standard InChI is InChI=1S/C7H15O.3C4H9.Sn/c1-6(2)7(3)5-8-4;3*1-3-4-2;/h5-7H,1-4H3;3*1,3-4H2,2H3;/t7-;;;;/m0..../s1. The molecule has 0 spiro atoms. The van der Waals surface area contributed by atoms with Gasteiger partial charge in [-0.05, 0) is 0 Å². The van der Waals surface area contributed by atoms with E-state index < -0.39 is 18.4 Å². The first-order valence-electron chi connectivity index (χ1n) is 9.51. The average Bonchev–Trinajstić information content (AvgIpc) is 2.48. The van der Waals surface area contributed by atoms with Crippen molar-refractivity contribution in [3.63, 3.8) is 0 Å². The summed E-state index contributed by atoms with van der Waals surface area (Å²) in [6.45, 7) is 14.3. The number of unbranched alkanes of at least 4 members (excludes halogenated alkanes) is 3. The Morgan fingerprint density at radius 3 is 1.38 bits per heavy atom. The van der Waals surface area contributed by atoms with E-state index in [0.717, 1.165) is 11.8 Å². The summed E-state index contributed by atoms with van der Waals surface area (Å²) in [4.78, 5) is 0. The van der Waals surface area contributed by atoms with Gasteiger partial charge in [-0.3, -0.25) is 0 Å². The topological polar surface area (TPSA) is 9.23 Å². The molecule has 0 saturated carbocycles. The third kappa shape index (κ3) is 7.24. The molecule has 1 nitrogen and oxygen atoms in total. The van der Waals surface area contributed by atoms with Gasteiger partial charge in [0.2, 0.25) is 0 Å². The van der Waals surface area contributed by atoms with Gasteiger partial charge >= 0.3 is 140 Å². The molecule has 0 radical (unpaired) electrons. The quantitative estimate of drug-likeness (QED) is 0.311. The number of ether oxygens (including phenoxy) is 1. The number of methoxy groups -OCH3 is 1. The molecule has 0 N–H and O–H groups in total. The third-order valence-electron chi connectivity index (χ3n) is 5.47. The number of rotatable bonds is 13. The van der Waals surface area contributed by atoms with Gasteiger partial charge in [-0.2, -0.15) is 0 Å². The van der Waals surface area contributed by atoms with Crippen LogP contribution in [0.4, 0.5) is 0 Å². The van der Waals surface area contributed by atoms with Gasteiger partial charge in [0.1, 0.15) is 0 Å². The molecule has 2 heteroatoms. The van der Waals surface area contributed by atoms with Crippen molar-refractivity contribution >= 4 is 18.4 Å². The molecule has 0 aliphatic carbocycles. The molecular formula is C19H42OSn. The fraction of sp³-hybridized carbons (Fsp3) is 1.00. The first-order chi connectivity index (χ1) is 9.98. The molecule has 0 aliphatic rings. The Labute approximate surface area is 139 Å². The van der Waals surface area contributed by atoms with E-state index in [2.05, 4.69) is 41.5 Å². The zero-order valence-corrected chi connectivity index (χ0v) is 18.9. The molecule has 0 saturated heterocycles. The van der Waals surface area contributed by atoms with Crippen LogP contribution in [0.2, 0.25) is 13.3 Å². The third-order valence-corrected chi connectivity index (χ3v) is 22.6. The molecule has 0 aliphatic heterocycles. The summed E-state index contributed by atoms with van der Waals surface area (Å²) >= 11 is -2.23. The molecule has 0 bridgehead atoms. The van der Waals surface area contributed by atoms with Crippen molar-refractivity contribution in [3.8, 4) is 0 Å². The molecule has 0 unspecified atom stereocenters. The zero-order chi connectivity index (χ0) is 16.3. The maximum atomic E-state index is 6.22. The second kappa shape index (κ2) is 12.2. The minimum absolute atomic E-state index is 0.629. The normalized spacial score (nSPS) is 15.4. The van der Waals surface area contributed by atoms with Crippen molar-refractivity contribution in [1.29, 1.82) is 0 Å². The molecule has 0 rings (SSSR count). The molecule has 2 atom stereocenters. The van der Waals surface area contributed by atoms with E-state index in [9.17, 15) is 0 Å². The summed E-state index contributed by atoms with van der Waals surface area (Å²) in [5.74, 6) is 1.48. The molecule has 0 fully saturated rings. The Kier molecular flexibility index (Phi) is 12.7. The van der Waals surface area contributed by atoms with Gasteiger partial charge in [0, 0.05) is 0 Å². The molecule has 128 valence electrons. The summed E-state index contributed by atoms with van der Waals surface area (Å²) < 4.78 is 11.5. The monoisotopic (exact) mass is 406 g/mol. The van der Waals surface area contributed by atoms with E-state index in [0.29, 0.717) is 4.12 Å². The van der Waals surface area contributed by atoms with Crippen molar-refractivity contribution < 1.29 is 4.74 Å². The van der Waals surface area contributed by atoms with Crippen LogP contribution < -0.4 is 0 Å². The van der Waals surface area contributed by atoms with Crippen molar-refractivity contribution in [1.82, 2.24) is 0 Å². The van der Waals surface area contributed by atoms with E-state index in [4.69, 9.17) is 4.74 Å². The van der Waals surface area contributed by atoms with E-state index in [1.54, 1.807) is 13.3 Å². The van der Waals surface area contributed by atoms with Gasteiger partial charge in [-0.15, -0.1) is 0 Å². The zero-order valence-electron chi connectivity index (χ0n) is 16.0. The molecular weight excluding hydrogens is 363 g/mol. The van der Waals surface area contributed by atoms with Gasteiger partial charge in [-0.1, -0.05) is 0 Å². The van der Waals surface area contributed by atoms with Crippen molar-refractivity contribution in [2.45, 2.75) is 97.5 Å². The van der Waals surface area contributed by atoms with Crippen LogP contribution in [0.3, 0.4) is 0 Å². The van der Waals surface area contributed by atoms with Crippen LogP contribution in [0.15, 0.2) is 0 Å². The average molecular weight is 405 g/mol. The van der Waals surface area contributed by atoms with Crippen LogP contribution in [0, 0.1) is 11.8 Å². The Bertz CT molecular complexity index is 218. The fourth-order valence-corrected chi connectivity index (χ4v) is 23.1. The number of hydrogen-bond donors (Lipinski definition) is 0. The molecule has 21 heavy (non-hydrogen) atoms. The van der Waals surface area contributed by atoms with Gasteiger partial charge in [0.15, 0.2) is 0 Å². The first kappa shape index (κ1) is 21.8. The van der Waals surface area contributed by atoms with Crippen LogP contribution in [0.25, 0.3) is 0 Å². The maximum absolute atomic E-state index is 6.22. The second-order valence-electron chi connectivity index (χ2n) is 7.43. The van der Waals surface area contributed by atoms with Gasteiger partial charge < -0.3 is 0 Å². The predicted molar refractivity (Wildman–Crippen MR) is 99.7 cm³/mol. The van der Waals surface area contributed by atoms with E-state index in [-0.39, 0.29) is 0 Å². The van der Waals surface area contributed by atoms with Gasteiger partial charge in [-0.25, -0.2) is 0 Å². The Morgan fingerprint density at radius 1 is 0.762 bits per heavy atom. The van der Waals surface area contributed by atoms with Crippen LogP contribution >= 0.6 is 0 Å². The predicted octanol–water partition coefficient (Wildman–Crippen LogP) is 6.68. The molecule has 0 aromatic heterocycles. The Hall–Kier alpha value is 0.759. The van der Waals surface area contributed by atoms with Crippen molar-refractivity contribution in [2.75, 3.05) is 7.11 Å². The number of hydrogen-bond acceptors (Lipinski definition) is 1. The van der Waals surface area contributed by atoms with Crippen molar-refractivity contribution in [2.24, 2.45) is 11.8 Å². The summed E-state index contributed by atoms with van der Waals surface area (Å²) in [6, 6.07) is 0. The Balaban J connectivity index is 5.31. The van der Waals surface area contributed by atoms with E-state index in [1.807, 2.05) is 7.11 Å². The van der Waals surface area contributed by atoms with Gasteiger partial charge in [0.25, 0.3) is 0 Å². The second-order valence-corrected chi connectivity index (χ2v) is 21.1. The molecule has 0 aromatic rings. The summed E-state index contributed by atoms with van der Waals surface area (Å²) in [5, 5.41) is 0. The van der Waals surface area contributed by atoms with Crippen LogP contribution in [0.5, 0.6) is 0 Å². The van der Waals surface area contributed by atoms with Gasteiger partial charge in [0.05, 0.1) is 0 Å². The van der Waals surface area contributed by atoms with Crippen LogP contribution in [0.1, 0.15) is 80.1 Å². The first-order valence-corrected chi connectivity index (χ1v) is 17.2. The summed E-state index contributed by atoms with van der Waals surface area (Å²) in [5.41, 5.74) is 0. The Morgan fingerprint density at radius 2 is 1.14 bits per heavy atom. The SMILES string of the molecule is CCC[CH2][Sn]([CH2]CCC)([CH2]CCC)[C@H](OC)[C@H](C)C(C)C. The van der Waals surface area contributed by atoms with E-state index >= 15 is 0 Å². The molecule has 0 amide bonds.